The van der Waals surface area contributed by atoms with Gasteiger partial charge in [0, 0.05) is 23.3 Å². The van der Waals surface area contributed by atoms with Crippen molar-refractivity contribution < 1.29 is 18.0 Å². The lowest BCUT2D eigenvalue weighted by molar-refractivity contribution is -0.133. The third-order valence-electron chi connectivity index (χ3n) is 6.50. The molecule has 0 spiro atoms. The average molecular weight is 490 g/mol. The summed E-state index contributed by atoms with van der Waals surface area (Å²) in [5.74, 6) is -0.819. The van der Waals surface area contributed by atoms with Crippen LogP contribution in [-0.4, -0.2) is 49.2 Å². The Morgan fingerprint density at radius 1 is 1.12 bits per heavy atom. The molecule has 2 amide bonds. The lowest BCUT2D eigenvalue weighted by atomic mass is 9.93. The van der Waals surface area contributed by atoms with Gasteiger partial charge in [-0.3, -0.25) is 14.5 Å². The van der Waals surface area contributed by atoms with Crippen molar-refractivity contribution in [2.75, 3.05) is 18.0 Å². The quantitative estimate of drug-likeness (QED) is 0.696. The van der Waals surface area contributed by atoms with E-state index in [0.29, 0.717) is 10.7 Å². The molecule has 1 heterocycles. The van der Waals surface area contributed by atoms with E-state index in [-0.39, 0.29) is 29.9 Å². The fourth-order valence-electron chi connectivity index (χ4n) is 4.73. The molecular formula is C24H28ClN3O4S. The van der Waals surface area contributed by atoms with Crippen molar-refractivity contribution in [2.45, 2.75) is 56.0 Å². The van der Waals surface area contributed by atoms with Crippen LogP contribution in [0.5, 0.6) is 0 Å². The van der Waals surface area contributed by atoms with Crippen molar-refractivity contribution in [1.29, 1.82) is 0 Å². The molecule has 176 valence electrons. The zero-order valence-corrected chi connectivity index (χ0v) is 20.3. The van der Waals surface area contributed by atoms with Crippen molar-refractivity contribution >= 4 is 39.1 Å². The lowest BCUT2D eigenvalue weighted by Crippen LogP contribution is -2.70. The van der Waals surface area contributed by atoms with Crippen molar-refractivity contribution in [3.8, 4) is 0 Å². The summed E-state index contributed by atoms with van der Waals surface area (Å²) in [6, 6.07) is 13.1. The number of sulfonamides is 1. The van der Waals surface area contributed by atoms with Gasteiger partial charge in [0.1, 0.15) is 5.54 Å². The molecule has 1 saturated carbocycles. The summed E-state index contributed by atoms with van der Waals surface area (Å²) < 4.78 is 27.8. The van der Waals surface area contributed by atoms with E-state index in [2.05, 4.69) is 5.32 Å². The standard InChI is InChI=1S/C24H28ClN3O4S/c1-17-14-18(25)12-13-21(17)28-22(29)15-27(33(31,32)20-10-4-3-5-11-20)16-24(28,2)23(30)26-19-8-6-7-9-19/h3-5,10-14,19H,6-9,15-16H2,1-2H3,(H,26,30)/t24-/m1/s1. The van der Waals surface area contributed by atoms with Crippen LogP contribution in [0.2, 0.25) is 5.02 Å². The number of halogens is 1. The van der Waals surface area contributed by atoms with E-state index in [1.165, 1.54) is 17.0 Å². The highest BCUT2D eigenvalue weighted by atomic mass is 35.5. The molecule has 1 aliphatic carbocycles. The predicted molar refractivity (Wildman–Crippen MR) is 128 cm³/mol. The number of amides is 2. The van der Waals surface area contributed by atoms with Gasteiger partial charge in [-0.1, -0.05) is 42.6 Å². The number of carbonyl (C=O) groups excluding carboxylic acids is 2. The van der Waals surface area contributed by atoms with Crippen LogP contribution < -0.4 is 10.2 Å². The molecule has 2 fully saturated rings. The van der Waals surface area contributed by atoms with Gasteiger partial charge in [0.15, 0.2) is 0 Å². The second-order valence-electron chi connectivity index (χ2n) is 8.97. The van der Waals surface area contributed by atoms with Gasteiger partial charge in [-0.25, -0.2) is 8.42 Å². The maximum absolute atomic E-state index is 13.6. The summed E-state index contributed by atoms with van der Waals surface area (Å²) in [7, 11) is -3.96. The molecule has 1 aliphatic heterocycles. The summed E-state index contributed by atoms with van der Waals surface area (Å²) >= 11 is 6.12. The lowest BCUT2D eigenvalue weighted by Gasteiger charge is -2.47. The van der Waals surface area contributed by atoms with E-state index in [1.54, 1.807) is 43.3 Å². The van der Waals surface area contributed by atoms with E-state index in [1.807, 2.05) is 6.92 Å². The Balaban J connectivity index is 1.76. The van der Waals surface area contributed by atoms with Gasteiger partial charge in [0.05, 0.1) is 11.4 Å². The molecule has 0 unspecified atom stereocenters. The summed E-state index contributed by atoms with van der Waals surface area (Å²) in [4.78, 5) is 28.7. The Labute approximate surface area is 199 Å². The molecule has 0 radical (unpaired) electrons. The molecular weight excluding hydrogens is 462 g/mol. The predicted octanol–water partition coefficient (Wildman–Crippen LogP) is 3.50. The van der Waals surface area contributed by atoms with E-state index in [0.717, 1.165) is 35.6 Å². The van der Waals surface area contributed by atoms with Gasteiger partial charge in [0.2, 0.25) is 21.8 Å². The third-order valence-corrected chi connectivity index (χ3v) is 8.54. The fourth-order valence-corrected chi connectivity index (χ4v) is 6.46. The van der Waals surface area contributed by atoms with Crippen LogP contribution in [0.4, 0.5) is 5.69 Å². The van der Waals surface area contributed by atoms with Gasteiger partial charge >= 0.3 is 0 Å². The normalized spacial score (nSPS) is 22.5. The van der Waals surface area contributed by atoms with Crippen LogP contribution in [0.15, 0.2) is 53.4 Å². The van der Waals surface area contributed by atoms with Gasteiger partial charge in [0.25, 0.3) is 0 Å². The first-order valence-corrected chi connectivity index (χ1v) is 12.9. The maximum Gasteiger partial charge on any atom is 0.247 e. The van der Waals surface area contributed by atoms with E-state index >= 15 is 0 Å². The number of nitrogens with one attached hydrogen (secondary N) is 1. The van der Waals surface area contributed by atoms with Crippen molar-refractivity contribution in [3.05, 3.63) is 59.1 Å². The number of anilines is 1. The highest BCUT2D eigenvalue weighted by Gasteiger charge is 2.51. The second kappa shape index (κ2) is 9.08. The van der Waals surface area contributed by atoms with Gasteiger partial charge in [-0.2, -0.15) is 4.31 Å². The number of benzene rings is 2. The van der Waals surface area contributed by atoms with Crippen LogP contribution in [0.3, 0.4) is 0 Å². The highest BCUT2D eigenvalue weighted by molar-refractivity contribution is 7.89. The fraction of sp³-hybridized carbons (Fsp3) is 0.417. The van der Waals surface area contributed by atoms with E-state index < -0.39 is 21.5 Å². The van der Waals surface area contributed by atoms with Gasteiger partial charge in [-0.05, 0) is 62.6 Å². The summed E-state index contributed by atoms with van der Waals surface area (Å²) in [6.45, 7) is 2.94. The molecule has 33 heavy (non-hydrogen) atoms. The Kier molecular flexibility index (Phi) is 6.53. The minimum Gasteiger partial charge on any atom is -0.351 e. The number of piperazine rings is 1. The Morgan fingerprint density at radius 2 is 1.79 bits per heavy atom. The van der Waals surface area contributed by atoms with Crippen LogP contribution in [0, 0.1) is 6.92 Å². The van der Waals surface area contributed by atoms with Crippen molar-refractivity contribution in [3.63, 3.8) is 0 Å². The molecule has 1 N–H and O–H groups in total. The largest absolute Gasteiger partial charge is 0.351 e. The summed E-state index contributed by atoms with van der Waals surface area (Å²) in [5.41, 5.74) is -0.154. The van der Waals surface area contributed by atoms with Crippen LogP contribution >= 0.6 is 11.6 Å². The first kappa shape index (κ1) is 23.7. The second-order valence-corrected chi connectivity index (χ2v) is 11.3. The van der Waals surface area contributed by atoms with E-state index in [4.69, 9.17) is 11.6 Å². The van der Waals surface area contributed by atoms with Crippen molar-refractivity contribution in [1.82, 2.24) is 9.62 Å². The Bertz CT molecular complexity index is 1170. The maximum atomic E-state index is 13.6. The van der Waals surface area contributed by atoms with Gasteiger partial charge < -0.3 is 5.32 Å². The zero-order valence-electron chi connectivity index (χ0n) is 18.8. The SMILES string of the molecule is Cc1cc(Cl)ccc1N1C(=O)CN(S(=O)(=O)c2ccccc2)C[C@]1(C)C(=O)NC1CCCC1. The summed E-state index contributed by atoms with van der Waals surface area (Å²) in [6.07, 6.45) is 3.83. The molecule has 4 rings (SSSR count). The minimum atomic E-state index is -3.96. The first-order chi connectivity index (χ1) is 15.6. The monoisotopic (exact) mass is 489 g/mol. The molecule has 0 bridgehead atoms. The number of hydrogen-bond donors (Lipinski definition) is 1. The highest BCUT2D eigenvalue weighted by Crippen LogP contribution is 2.35. The topological polar surface area (TPSA) is 86.8 Å². The Morgan fingerprint density at radius 3 is 2.42 bits per heavy atom. The molecule has 9 heteroatoms. The molecule has 1 saturated heterocycles. The van der Waals surface area contributed by atoms with Crippen molar-refractivity contribution in [2.24, 2.45) is 0 Å². The molecule has 1 atom stereocenters. The number of hydrogen-bond acceptors (Lipinski definition) is 4. The molecule has 2 aliphatic rings. The smallest absolute Gasteiger partial charge is 0.247 e. The minimum absolute atomic E-state index is 0.0266. The number of carbonyl (C=O) groups is 2. The zero-order chi connectivity index (χ0) is 23.8. The van der Waals surface area contributed by atoms with Gasteiger partial charge in [-0.15, -0.1) is 0 Å². The molecule has 2 aromatic carbocycles. The molecule has 7 nitrogen and oxygen atoms in total. The molecule has 0 aromatic heterocycles. The Hall–Kier alpha value is -2.42. The number of nitrogens with zero attached hydrogens (tertiary/aromatic N) is 2. The van der Waals surface area contributed by atoms with Crippen LogP contribution in [0.25, 0.3) is 0 Å². The van der Waals surface area contributed by atoms with Crippen LogP contribution in [-0.2, 0) is 19.6 Å². The third kappa shape index (κ3) is 4.52. The number of rotatable bonds is 5. The summed E-state index contributed by atoms with van der Waals surface area (Å²) in [5, 5.41) is 3.59. The van der Waals surface area contributed by atoms with Crippen LogP contribution in [0.1, 0.15) is 38.2 Å². The number of aryl methyl sites for hydroxylation is 1. The molecule has 2 aromatic rings. The first-order valence-electron chi connectivity index (χ1n) is 11.1. The average Bonchev–Trinajstić information content (AvgIpc) is 3.28. The van der Waals surface area contributed by atoms with E-state index in [9.17, 15) is 18.0 Å².